The number of halogens is 1. The molecule has 0 aliphatic carbocycles. The number of nitrogens with one attached hydrogen (secondary N) is 1. The van der Waals surface area contributed by atoms with Crippen LogP contribution in [0.4, 0.5) is 10.1 Å². The van der Waals surface area contributed by atoms with Crippen molar-refractivity contribution in [1.29, 1.82) is 0 Å². The number of hydrogen-bond donors (Lipinski definition) is 2. The van der Waals surface area contributed by atoms with Crippen LogP contribution in [0.5, 0.6) is 5.75 Å². The van der Waals surface area contributed by atoms with E-state index in [0.29, 0.717) is 17.4 Å². The third kappa shape index (κ3) is 5.29. The number of quaternary nitrogens is 1. The Morgan fingerprint density at radius 1 is 1.20 bits per heavy atom. The average molecular weight is 345 g/mol. The van der Waals surface area contributed by atoms with Crippen molar-refractivity contribution in [3.63, 3.8) is 0 Å². The Bertz CT molecular complexity index is 714. The molecule has 0 fully saturated rings. The lowest BCUT2D eigenvalue weighted by molar-refractivity contribution is -0.692. The molecule has 5 heteroatoms. The van der Waals surface area contributed by atoms with Crippen LogP contribution in [0.1, 0.15) is 31.0 Å². The van der Waals surface area contributed by atoms with Crippen molar-refractivity contribution >= 4 is 11.6 Å². The summed E-state index contributed by atoms with van der Waals surface area (Å²) < 4.78 is 18.4. The van der Waals surface area contributed by atoms with Gasteiger partial charge in [0.05, 0.1) is 12.8 Å². The number of rotatable bonds is 7. The minimum Gasteiger partial charge on any atom is -0.495 e. The second kappa shape index (κ2) is 8.62. The molecule has 0 saturated heterocycles. The number of ether oxygens (including phenoxy) is 1. The predicted molar refractivity (Wildman–Crippen MR) is 97.1 cm³/mol. The van der Waals surface area contributed by atoms with E-state index in [0.717, 1.165) is 11.1 Å². The number of amides is 1. The highest BCUT2D eigenvalue weighted by Gasteiger charge is 2.21. The van der Waals surface area contributed by atoms with E-state index < -0.39 is 0 Å². The van der Waals surface area contributed by atoms with Gasteiger partial charge in [-0.2, -0.15) is 0 Å². The quantitative estimate of drug-likeness (QED) is 0.810. The van der Waals surface area contributed by atoms with Crippen LogP contribution >= 0.6 is 0 Å². The van der Waals surface area contributed by atoms with Crippen LogP contribution in [-0.4, -0.2) is 19.6 Å². The number of hydrogen-bond acceptors (Lipinski definition) is 2. The third-order valence-electron chi connectivity index (χ3n) is 4.16. The van der Waals surface area contributed by atoms with Gasteiger partial charge in [-0.05, 0) is 36.8 Å². The average Bonchev–Trinajstić information content (AvgIpc) is 2.56. The van der Waals surface area contributed by atoms with Crippen LogP contribution in [0.15, 0.2) is 42.5 Å². The first-order chi connectivity index (χ1) is 11.9. The minimum atomic E-state index is -0.254. The van der Waals surface area contributed by atoms with Gasteiger partial charge in [0.25, 0.3) is 5.91 Å². The van der Waals surface area contributed by atoms with Gasteiger partial charge in [-0.15, -0.1) is 0 Å². The summed E-state index contributed by atoms with van der Waals surface area (Å²) in [6.45, 7) is 6.42. The molecular weight excluding hydrogens is 319 g/mol. The molecule has 3 N–H and O–H groups in total. The molecular formula is C20H26FN2O2+. The van der Waals surface area contributed by atoms with Gasteiger partial charge in [0, 0.05) is 11.5 Å². The predicted octanol–water partition coefficient (Wildman–Crippen LogP) is 3.04. The van der Waals surface area contributed by atoms with E-state index in [1.807, 2.05) is 30.4 Å². The zero-order valence-electron chi connectivity index (χ0n) is 15.2. The van der Waals surface area contributed by atoms with Gasteiger partial charge < -0.3 is 15.4 Å². The zero-order chi connectivity index (χ0) is 18.4. The molecule has 0 heterocycles. The summed E-state index contributed by atoms with van der Waals surface area (Å²) >= 11 is 0. The van der Waals surface area contributed by atoms with Gasteiger partial charge >= 0.3 is 0 Å². The summed E-state index contributed by atoms with van der Waals surface area (Å²) in [7, 11) is 1.58. The lowest BCUT2D eigenvalue weighted by atomic mass is 9.96. The van der Waals surface area contributed by atoms with Crippen molar-refractivity contribution in [2.24, 2.45) is 5.92 Å². The highest BCUT2D eigenvalue weighted by Crippen LogP contribution is 2.25. The smallest absolute Gasteiger partial charge is 0.279 e. The Kier molecular flexibility index (Phi) is 6.53. The molecule has 25 heavy (non-hydrogen) atoms. The van der Waals surface area contributed by atoms with Crippen LogP contribution in [0, 0.1) is 18.7 Å². The van der Waals surface area contributed by atoms with E-state index in [2.05, 4.69) is 19.2 Å². The first-order valence-corrected chi connectivity index (χ1v) is 8.44. The summed E-state index contributed by atoms with van der Waals surface area (Å²) in [5.74, 6) is 0.594. The molecule has 2 aromatic rings. The number of methoxy groups -OCH3 is 1. The van der Waals surface area contributed by atoms with Crippen molar-refractivity contribution < 1.29 is 19.2 Å². The number of aryl methyl sites for hydroxylation is 1. The summed E-state index contributed by atoms with van der Waals surface area (Å²) in [6.07, 6.45) is 0. The largest absolute Gasteiger partial charge is 0.495 e. The van der Waals surface area contributed by atoms with Crippen molar-refractivity contribution in [1.82, 2.24) is 0 Å². The normalized spacial score (nSPS) is 12.1. The molecule has 1 atom stereocenters. The maximum absolute atomic E-state index is 13.1. The minimum absolute atomic E-state index is 0.0887. The topological polar surface area (TPSA) is 54.9 Å². The Labute approximate surface area is 148 Å². The second-order valence-electron chi connectivity index (χ2n) is 6.51. The maximum Gasteiger partial charge on any atom is 0.279 e. The first-order valence-electron chi connectivity index (χ1n) is 8.44. The highest BCUT2D eigenvalue weighted by molar-refractivity contribution is 5.93. The molecule has 0 bridgehead atoms. The Hall–Kier alpha value is -2.40. The fraction of sp³-hybridized carbons (Fsp3) is 0.350. The third-order valence-corrected chi connectivity index (χ3v) is 4.16. The molecule has 0 spiro atoms. The van der Waals surface area contributed by atoms with Crippen LogP contribution in [-0.2, 0) is 4.79 Å². The molecule has 0 aromatic heterocycles. The SMILES string of the molecule is COc1ccc(C)cc1NC(=O)C[NH2+][C@@H](c1ccc(F)cc1)C(C)C. The van der Waals surface area contributed by atoms with Crippen LogP contribution in [0.25, 0.3) is 0 Å². The lowest BCUT2D eigenvalue weighted by Gasteiger charge is -2.19. The lowest BCUT2D eigenvalue weighted by Crippen LogP contribution is -2.88. The van der Waals surface area contributed by atoms with Crippen molar-refractivity contribution in [3.8, 4) is 5.75 Å². The van der Waals surface area contributed by atoms with E-state index in [9.17, 15) is 9.18 Å². The van der Waals surface area contributed by atoms with Crippen LogP contribution < -0.4 is 15.4 Å². The van der Waals surface area contributed by atoms with Gasteiger partial charge in [-0.1, -0.05) is 32.0 Å². The Balaban J connectivity index is 2.02. The van der Waals surface area contributed by atoms with Crippen molar-refractivity contribution in [2.75, 3.05) is 19.0 Å². The number of nitrogens with two attached hydrogens (primary N) is 1. The number of benzene rings is 2. The standard InChI is InChI=1S/C20H25FN2O2/c1-13(2)20(15-6-8-16(21)9-7-15)22-12-19(24)23-17-11-14(3)5-10-18(17)25-4/h5-11,13,20,22H,12H2,1-4H3,(H,23,24)/p+1/t20-/m1/s1. The fourth-order valence-corrected chi connectivity index (χ4v) is 2.83. The first kappa shape index (κ1) is 18.9. The Morgan fingerprint density at radius 3 is 2.48 bits per heavy atom. The van der Waals surface area contributed by atoms with E-state index in [4.69, 9.17) is 4.74 Å². The van der Waals surface area contributed by atoms with E-state index >= 15 is 0 Å². The second-order valence-corrected chi connectivity index (χ2v) is 6.51. The van der Waals surface area contributed by atoms with Crippen LogP contribution in [0.2, 0.25) is 0 Å². The van der Waals surface area contributed by atoms with Gasteiger partial charge in [0.15, 0.2) is 6.54 Å². The molecule has 2 aromatic carbocycles. The zero-order valence-corrected chi connectivity index (χ0v) is 15.2. The molecule has 2 rings (SSSR count). The Morgan fingerprint density at radius 2 is 1.88 bits per heavy atom. The maximum atomic E-state index is 13.1. The number of carbonyl (C=O) groups excluding carboxylic acids is 1. The molecule has 4 nitrogen and oxygen atoms in total. The molecule has 0 saturated carbocycles. The summed E-state index contributed by atoms with van der Waals surface area (Å²) in [5, 5.41) is 4.88. The van der Waals surface area contributed by atoms with Gasteiger partial charge in [0.1, 0.15) is 17.6 Å². The molecule has 0 radical (unpaired) electrons. The highest BCUT2D eigenvalue weighted by atomic mass is 19.1. The van der Waals surface area contributed by atoms with Gasteiger partial charge in [0.2, 0.25) is 0 Å². The van der Waals surface area contributed by atoms with Gasteiger partial charge in [-0.3, -0.25) is 4.79 Å². The summed E-state index contributed by atoms with van der Waals surface area (Å²) in [5.41, 5.74) is 2.73. The number of carbonyl (C=O) groups is 1. The van der Waals surface area contributed by atoms with E-state index in [1.54, 1.807) is 19.2 Å². The molecule has 134 valence electrons. The van der Waals surface area contributed by atoms with Crippen molar-refractivity contribution in [3.05, 3.63) is 59.4 Å². The fourth-order valence-electron chi connectivity index (χ4n) is 2.83. The summed E-state index contributed by atoms with van der Waals surface area (Å²) in [6, 6.07) is 12.2. The number of anilines is 1. The van der Waals surface area contributed by atoms with Crippen LogP contribution in [0.3, 0.4) is 0 Å². The monoisotopic (exact) mass is 345 g/mol. The van der Waals surface area contributed by atoms with E-state index in [-0.39, 0.29) is 24.3 Å². The summed E-state index contributed by atoms with van der Waals surface area (Å²) in [4.78, 5) is 12.3. The van der Waals surface area contributed by atoms with Gasteiger partial charge in [-0.25, -0.2) is 4.39 Å². The molecule has 0 unspecified atom stereocenters. The molecule has 1 amide bonds. The van der Waals surface area contributed by atoms with E-state index in [1.165, 1.54) is 12.1 Å². The molecule has 0 aliphatic rings. The van der Waals surface area contributed by atoms with Crippen molar-refractivity contribution in [2.45, 2.75) is 26.8 Å². The molecule has 0 aliphatic heterocycles.